The van der Waals surface area contributed by atoms with E-state index in [9.17, 15) is 4.79 Å². The highest BCUT2D eigenvalue weighted by atomic mass is 16.3. The molecule has 4 rings (SSSR count). The van der Waals surface area contributed by atoms with Gasteiger partial charge in [0.15, 0.2) is 11.6 Å². The number of piperidine rings is 2. The van der Waals surface area contributed by atoms with Crippen molar-refractivity contribution in [2.45, 2.75) is 31.7 Å². The summed E-state index contributed by atoms with van der Waals surface area (Å²) in [5.74, 6) is 1.85. The standard InChI is InChI=1S/C21H29N5O2/c1-24-12-9-17(10-13-24)25(2)21(27)16-5-3-11-26(15-16)20-8-7-18(22-23-20)19-6-4-14-28-19/h4,6-8,14,16-17H,3,5,9-13,15H2,1-2H3. The second-order valence-corrected chi connectivity index (χ2v) is 8.02. The lowest BCUT2D eigenvalue weighted by atomic mass is 9.94. The Morgan fingerprint density at radius 2 is 1.96 bits per heavy atom. The minimum atomic E-state index is 0.0324. The number of aromatic nitrogens is 2. The summed E-state index contributed by atoms with van der Waals surface area (Å²) in [7, 11) is 4.13. The Balaban J connectivity index is 1.39. The summed E-state index contributed by atoms with van der Waals surface area (Å²) in [5.41, 5.74) is 0.723. The van der Waals surface area contributed by atoms with E-state index in [1.807, 2.05) is 36.2 Å². The summed E-state index contributed by atoms with van der Waals surface area (Å²) in [4.78, 5) is 19.6. The zero-order chi connectivity index (χ0) is 19.5. The summed E-state index contributed by atoms with van der Waals surface area (Å²) in [5, 5.41) is 8.68. The van der Waals surface area contributed by atoms with Crippen LogP contribution in [0.5, 0.6) is 0 Å². The number of carbonyl (C=O) groups is 1. The minimum Gasteiger partial charge on any atom is -0.463 e. The molecule has 0 radical (unpaired) electrons. The van der Waals surface area contributed by atoms with Gasteiger partial charge in [-0.2, -0.15) is 0 Å². The Kier molecular flexibility index (Phi) is 5.62. The van der Waals surface area contributed by atoms with Crippen LogP contribution in [0.25, 0.3) is 11.5 Å². The third-order valence-electron chi connectivity index (χ3n) is 6.10. The highest BCUT2D eigenvalue weighted by molar-refractivity contribution is 5.79. The number of hydrogen-bond acceptors (Lipinski definition) is 6. The van der Waals surface area contributed by atoms with E-state index in [0.29, 0.717) is 18.3 Å². The molecule has 28 heavy (non-hydrogen) atoms. The van der Waals surface area contributed by atoms with Crippen molar-refractivity contribution in [1.29, 1.82) is 0 Å². The van der Waals surface area contributed by atoms with Gasteiger partial charge in [0.25, 0.3) is 0 Å². The molecule has 2 aliphatic heterocycles. The molecule has 0 aromatic carbocycles. The van der Waals surface area contributed by atoms with E-state index in [2.05, 4.69) is 27.0 Å². The Morgan fingerprint density at radius 1 is 1.14 bits per heavy atom. The molecule has 150 valence electrons. The van der Waals surface area contributed by atoms with Crippen molar-refractivity contribution >= 4 is 11.7 Å². The van der Waals surface area contributed by atoms with Crippen LogP contribution in [-0.2, 0) is 4.79 Å². The molecule has 2 aromatic rings. The van der Waals surface area contributed by atoms with Crippen molar-refractivity contribution in [2.75, 3.05) is 45.2 Å². The van der Waals surface area contributed by atoms with Crippen molar-refractivity contribution < 1.29 is 9.21 Å². The first-order valence-electron chi connectivity index (χ1n) is 10.2. The molecule has 2 saturated heterocycles. The van der Waals surface area contributed by atoms with Crippen LogP contribution in [0.1, 0.15) is 25.7 Å². The summed E-state index contributed by atoms with van der Waals surface area (Å²) < 4.78 is 5.37. The number of rotatable bonds is 4. The van der Waals surface area contributed by atoms with Gasteiger partial charge in [0.1, 0.15) is 5.69 Å². The van der Waals surface area contributed by atoms with Gasteiger partial charge in [-0.25, -0.2) is 0 Å². The highest BCUT2D eigenvalue weighted by Crippen LogP contribution is 2.26. The molecule has 1 atom stereocenters. The summed E-state index contributed by atoms with van der Waals surface area (Å²) in [6.45, 7) is 3.76. The van der Waals surface area contributed by atoms with E-state index < -0.39 is 0 Å². The average molecular weight is 383 g/mol. The number of furan rings is 1. The lowest BCUT2D eigenvalue weighted by Gasteiger charge is -2.39. The van der Waals surface area contributed by atoms with E-state index in [0.717, 1.165) is 56.8 Å². The molecule has 1 unspecified atom stereocenters. The molecular formula is C21H29N5O2. The number of nitrogens with zero attached hydrogens (tertiary/aromatic N) is 5. The molecule has 2 fully saturated rings. The zero-order valence-corrected chi connectivity index (χ0v) is 16.8. The van der Waals surface area contributed by atoms with Gasteiger partial charge >= 0.3 is 0 Å². The fraction of sp³-hybridized carbons (Fsp3) is 0.571. The fourth-order valence-electron chi connectivity index (χ4n) is 4.29. The van der Waals surface area contributed by atoms with Gasteiger partial charge in [0, 0.05) is 26.2 Å². The van der Waals surface area contributed by atoms with Crippen molar-refractivity contribution in [1.82, 2.24) is 20.0 Å². The van der Waals surface area contributed by atoms with Crippen LogP contribution in [0, 0.1) is 5.92 Å². The maximum absolute atomic E-state index is 13.1. The van der Waals surface area contributed by atoms with Crippen LogP contribution in [-0.4, -0.2) is 72.2 Å². The largest absolute Gasteiger partial charge is 0.463 e. The molecule has 0 bridgehead atoms. The van der Waals surface area contributed by atoms with Crippen LogP contribution in [0.3, 0.4) is 0 Å². The van der Waals surface area contributed by atoms with Crippen LogP contribution < -0.4 is 4.90 Å². The molecule has 0 N–H and O–H groups in total. The molecule has 0 aliphatic carbocycles. The Hall–Kier alpha value is -2.41. The van der Waals surface area contributed by atoms with Crippen molar-refractivity contribution in [3.63, 3.8) is 0 Å². The van der Waals surface area contributed by atoms with E-state index in [1.165, 1.54) is 0 Å². The SMILES string of the molecule is CN1CCC(N(C)C(=O)C2CCCN(c3ccc(-c4ccco4)nn3)C2)CC1. The van der Waals surface area contributed by atoms with Gasteiger partial charge in [-0.15, -0.1) is 10.2 Å². The second-order valence-electron chi connectivity index (χ2n) is 8.02. The lowest BCUT2D eigenvalue weighted by molar-refractivity contribution is -0.137. The second kappa shape index (κ2) is 8.31. The smallest absolute Gasteiger partial charge is 0.227 e. The summed E-state index contributed by atoms with van der Waals surface area (Å²) >= 11 is 0. The molecule has 2 aromatic heterocycles. The van der Waals surface area contributed by atoms with Crippen molar-refractivity contribution in [3.8, 4) is 11.5 Å². The van der Waals surface area contributed by atoms with Gasteiger partial charge < -0.3 is 19.1 Å². The van der Waals surface area contributed by atoms with Crippen LogP contribution >= 0.6 is 0 Å². The molecule has 0 saturated carbocycles. The third-order valence-corrected chi connectivity index (χ3v) is 6.10. The lowest BCUT2D eigenvalue weighted by Crippen LogP contribution is -2.49. The van der Waals surface area contributed by atoms with E-state index in [1.54, 1.807) is 6.26 Å². The number of amides is 1. The predicted molar refractivity (Wildman–Crippen MR) is 108 cm³/mol. The number of hydrogen-bond donors (Lipinski definition) is 0. The monoisotopic (exact) mass is 383 g/mol. The average Bonchev–Trinajstić information content (AvgIpc) is 3.28. The highest BCUT2D eigenvalue weighted by Gasteiger charge is 2.32. The Morgan fingerprint density at radius 3 is 2.64 bits per heavy atom. The summed E-state index contributed by atoms with van der Waals surface area (Å²) in [6.07, 6.45) is 5.71. The fourth-order valence-corrected chi connectivity index (χ4v) is 4.29. The Labute approximate surface area is 166 Å². The molecule has 0 spiro atoms. The van der Waals surface area contributed by atoms with Gasteiger partial charge in [-0.3, -0.25) is 4.79 Å². The molecular weight excluding hydrogens is 354 g/mol. The predicted octanol–water partition coefficient (Wildman–Crippen LogP) is 2.51. The first kappa shape index (κ1) is 18.9. The van der Waals surface area contributed by atoms with E-state index in [4.69, 9.17) is 4.42 Å². The van der Waals surface area contributed by atoms with Crippen LogP contribution in [0.15, 0.2) is 34.9 Å². The van der Waals surface area contributed by atoms with Crippen LogP contribution in [0.2, 0.25) is 0 Å². The van der Waals surface area contributed by atoms with E-state index in [-0.39, 0.29) is 11.8 Å². The number of likely N-dealkylation sites (tertiary alicyclic amines) is 1. The molecule has 1 amide bonds. The quantitative estimate of drug-likeness (QED) is 0.808. The molecule has 7 nitrogen and oxygen atoms in total. The van der Waals surface area contributed by atoms with Gasteiger partial charge in [0.2, 0.25) is 5.91 Å². The minimum absolute atomic E-state index is 0.0324. The molecule has 2 aliphatic rings. The first-order chi connectivity index (χ1) is 13.6. The first-order valence-corrected chi connectivity index (χ1v) is 10.2. The molecule has 7 heteroatoms. The molecule has 4 heterocycles. The van der Waals surface area contributed by atoms with Gasteiger partial charge in [-0.05, 0) is 70.1 Å². The van der Waals surface area contributed by atoms with E-state index >= 15 is 0 Å². The van der Waals surface area contributed by atoms with Gasteiger partial charge in [0.05, 0.1) is 12.2 Å². The number of anilines is 1. The third kappa shape index (κ3) is 4.04. The maximum Gasteiger partial charge on any atom is 0.227 e. The van der Waals surface area contributed by atoms with Crippen molar-refractivity contribution in [2.24, 2.45) is 5.92 Å². The van der Waals surface area contributed by atoms with Crippen molar-refractivity contribution in [3.05, 3.63) is 30.5 Å². The van der Waals surface area contributed by atoms with Gasteiger partial charge in [-0.1, -0.05) is 0 Å². The van der Waals surface area contributed by atoms with Crippen LogP contribution in [0.4, 0.5) is 5.82 Å². The topological polar surface area (TPSA) is 65.7 Å². The Bertz CT molecular complexity index is 769. The zero-order valence-electron chi connectivity index (χ0n) is 16.8. The summed E-state index contributed by atoms with van der Waals surface area (Å²) in [6, 6.07) is 7.98. The number of carbonyl (C=O) groups excluding carboxylic acids is 1. The maximum atomic E-state index is 13.1. The normalized spacial score (nSPS) is 21.6.